The third kappa shape index (κ3) is 7.46. The quantitative estimate of drug-likeness (QED) is 0.458. The number of halogens is 1. The Hall–Kier alpha value is -2.38. The van der Waals surface area contributed by atoms with E-state index in [4.69, 9.17) is 9.47 Å². The number of methoxy groups -OCH3 is 1. The van der Waals surface area contributed by atoms with Gasteiger partial charge in [0.1, 0.15) is 5.75 Å². The monoisotopic (exact) mass is 476 g/mol. The van der Waals surface area contributed by atoms with Gasteiger partial charge in [0.05, 0.1) is 4.47 Å². The summed E-state index contributed by atoms with van der Waals surface area (Å²) in [5, 5.41) is 5.58. The van der Waals surface area contributed by atoms with Crippen molar-refractivity contribution < 1.29 is 19.1 Å². The van der Waals surface area contributed by atoms with Crippen molar-refractivity contribution in [2.24, 2.45) is 0 Å². The summed E-state index contributed by atoms with van der Waals surface area (Å²) >= 11 is 3.51. The minimum absolute atomic E-state index is 0.130. The Kier molecular flexibility index (Phi) is 9.83. The van der Waals surface area contributed by atoms with Crippen LogP contribution in [0.1, 0.15) is 48.5 Å². The van der Waals surface area contributed by atoms with E-state index in [1.165, 1.54) is 5.56 Å². The van der Waals surface area contributed by atoms with Crippen LogP contribution in [0.2, 0.25) is 0 Å². The van der Waals surface area contributed by atoms with Crippen LogP contribution < -0.4 is 15.4 Å². The van der Waals surface area contributed by atoms with E-state index in [0.29, 0.717) is 36.1 Å². The van der Waals surface area contributed by atoms with E-state index in [-0.39, 0.29) is 18.4 Å². The van der Waals surface area contributed by atoms with Gasteiger partial charge in [-0.05, 0) is 70.6 Å². The minimum atomic E-state index is -0.300. The van der Waals surface area contributed by atoms with Crippen LogP contribution in [0.5, 0.6) is 5.75 Å². The molecule has 0 aromatic heterocycles. The fourth-order valence-corrected chi connectivity index (χ4v) is 3.29. The van der Waals surface area contributed by atoms with Crippen molar-refractivity contribution in [3.63, 3.8) is 0 Å². The number of hydrogen-bond donors (Lipinski definition) is 2. The van der Waals surface area contributed by atoms with Gasteiger partial charge < -0.3 is 20.1 Å². The van der Waals surface area contributed by atoms with Gasteiger partial charge in [-0.1, -0.05) is 26.0 Å². The summed E-state index contributed by atoms with van der Waals surface area (Å²) in [6, 6.07) is 12.7. The molecule has 7 heteroatoms. The van der Waals surface area contributed by atoms with Crippen LogP contribution in [-0.4, -0.2) is 38.7 Å². The number of carbonyl (C=O) groups is 2. The lowest BCUT2D eigenvalue weighted by Crippen LogP contribution is -2.25. The van der Waals surface area contributed by atoms with Crippen molar-refractivity contribution >= 4 is 33.4 Å². The topological polar surface area (TPSA) is 76.7 Å². The van der Waals surface area contributed by atoms with E-state index in [0.717, 1.165) is 17.3 Å². The summed E-state index contributed by atoms with van der Waals surface area (Å²) in [6.07, 6.45) is 1.79. The molecule has 30 heavy (non-hydrogen) atoms. The van der Waals surface area contributed by atoms with Gasteiger partial charge in [-0.25, -0.2) is 0 Å². The molecule has 0 aliphatic heterocycles. The Morgan fingerprint density at radius 1 is 1.17 bits per heavy atom. The second-order valence-corrected chi connectivity index (χ2v) is 7.87. The maximum Gasteiger partial charge on any atom is 0.262 e. The first-order valence-electron chi connectivity index (χ1n) is 10.0. The molecule has 0 heterocycles. The molecule has 0 saturated carbocycles. The largest absolute Gasteiger partial charge is 0.483 e. The number of anilines is 1. The van der Waals surface area contributed by atoms with Crippen LogP contribution in [0, 0.1) is 0 Å². The van der Waals surface area contributed by atoms with Crippen LogP contribution >= 0.6 is 15.9 Å². The molecule has 162 valence electrons. The van der Waals surface area contributed by atoms with E-state index in [2.05, 4.69) is 40.4 Å². The lowest BCUT2D eigenvalue weighted by molar-refractivity contribution is -0.118. The highest BCUT2D eigenvalue weighted by Gasteiger charge is 2.11. The summed E-state index contributed by atoms with van der Waals surface area (Å²) in [6.45, 7) is 5.31. The zero-order valence-corrected chi connectivity index (χ0v) is 19.3. The van der Waals surface area contributed by atoms with E-state index in [9.17, 15) is 9.59 Å². The molecule has 2 rings (SSSR count). The third-order valence-corrected chi connectivity index (χ3v) is 5.34. The molecule has 0 saturated heterocycles. The smallest absolute Gasteiger partial charge is 0.262 e. The van der Waals surface area contributed by atoms with Crippen LogP contribution in [0.3, 0.4) is 0 Å². The molecule has 2 aromatic rings. The van der Waals surface area contributed by atoms with Crippen molar-refractivity contribution in [2.45, 2.75) is 32.6 Å². The van der Waals surface area contributed by atoms with Crippen molar-refractivity contribution in [1.29, 1.82) is 0 Å². The minimum Gasteiger partial charge on any atom is -0.483 e. The van der Waals surface area contributed by atoms with Crippen molar-refractivity contribution in [2.75, 3.05) is 32.2 Å². The Balaban J connectivity index is 1.88. The summed E-state index contributed by atoms with van der Waals surface area (Å²) < 4.78 is 11.4. The number of hydrogen-bond acceptors (Lipinski definition) is 4. The van der Waals surface area contributed by atoms with Gasteiger partial charge in [-0.3, -0.25) is 9.59 Å². The maximum absolute atomic E-state index is 12.3. The molecule has 0 aliphatic carbocycles. The summed E-state index contributed by atoms with van der Waals surface area (Å²) in [5.41, 5.74) is 2.24. The van der Waals surface area contributed by atoms with Crippen molar-refractivity contribution in [3.05, 3.63) is 58.1 Å². The highest BCUT2D eigenvalue weighted by atomic mass is 79.9. The Morgan fingerprint density at radius 3 is 2.67 bits per heavy atom. The fraction of sp³-hybridized carbons (Fsp3) is 0.391. The zero-order chi connectivity index (χ0) is 21.9. The highest BCUT2D eigenvalue weighted by molar-refractivity contribution is 9.10. The summed E-state index contributed by atoms with van der Waals surface area (Å²) in [4.78, 5) is 24.5. The van der Waals surface area contributed by atoms with Gasteiger partial charge in [0.15, 0.2) is 6.61 Å². The van der Waals surface area contributed by atoms with Crippen LogP contribution in [0.4, 0.5) is 5.69 Å². The Labute approximate surface area is 186 Å². The zero-order valence-electron chi connectivity index (χ0n) is 17.7. The highest BCUT2D eigenvalue weighted by Crippen LogP contribution is 2.30. The van der Waals surface area contributed by atoms with E-state index < -0.39 is 0 Å². The molecule has 6 nitrogen and oxygen atoms in total. The van der Waals surface area contributed by atoms with Gasteiger partial charge in [0, 0.05) is 31.5 Å². The van der Waals surface area contributed by atoms with Crippen molar-refractivity contribution in [3.8, 4) is 5.75 Å². The lowest BCUT2D eigenvalue weighted by Gasteiger charge is -2.13. The van der Waals surface area contributed by atoms with Gasteiger partial charge in [-0.2, -0.15) is 0 Å². The number of nitrogens with one attached hydrogen (secondary N) is 2. The molecule has 1 unspecified atom stereocenters. The molecule has 0 spiro atoms. The van der Waals surface area contributed by atoms with Gasteiger partial charge >= 0.3 is 0 Å². The molecule has 0 radical (unpaired) electrons. The van der Waals surface area contributed by atoms with Gasteiger partial charge in [0.25, 0.3) is 11.8 Å². The predicted octanol–water partition coefficient (Wildman–Crippen LogP) is 4.75. The fourth-order valence-electron chi connectivity index (χ4n) is 2.78. The van der Waals surface area contributed by atoms with Gasteiger partial charge in [0.2, 0.25) is 0 Å². The second kappa shape index (κ2) is 12.3. The molecule has 2 amide bonds. The first-order chi connectivity index (χ1) is 14.4. The first kappa shape index (κ1) is 23.9. The van der Waals surface area contributed by atoms with E-state index >= 15 is 0 Å². The maximum atomic E-state index is 12.3. The lowest BCUT2D eigenvalue weighted by atomic mass is 9.99. The molecule has 2 aromatic carbocycles. The average molecular weight is 477 g/mol. The Bertz CT molecular complexity index is 857. The number of rotatable bonds is 11. The Morgan fingerprint density at radius 2 is 1.97 bits per heavy atom. The first-order valence-corrected chi connectivity index (χ1v) is 10.8. The van der Waals surface area contributed by atoms with Crippen LogP contribution in [0.25, 0.3) is 0 Å². The van der Waals surface area contributed by atoms with E-state index in [1.807, 2.05) is 18.2 Å². The molecule has 0 fully saturated rings. The summed E-state index contributed by atoms with van der Waals surface area (Å²) in [7, 11) is 1.62. The number of amides is 2. The number of benzene rings is 2. The normalized spacial score (nSPS) is 11.6. The van der Waals surface area contributed by atoms with Crippen LogP contribution in [-0.2, 0) is 9.53 Å². The molecular formula is C23H29BrN2O4. The summed E-state index contributed by atoms with van der Waals surface area (Å²) in [5.74, 6) is 0.582. The predicted molar refractivity (Wildman–Crippen MR) is 122 cm³/mol. The molecule has 1 atom stereocenters. The molecule has 0 bridgehead atoms. The SMILES string of the molecule is CCC(C)c1ccc(OCC(=O)Nc2cccc(C(=O)NCCCOC)c2)c(Br)c1. The third-order valence-electron chi connectivity index (χ3n) is 4.72. The van der Waals surface area contributed by atoms with E-state index in [1.54, 1.807) is 31.4 Å². The standard InChI is InChI=1S/C23H29BrN2O4/c1-4-16(2)17-9-10-21(20(24)14-17)30-15-22(27)26-19-8-5-7-18(13-19)23(28)25-11-6-12-29-3/h5,7-10,13-14,16H,4,6,11-12,15H2,1-3H3,(H,25,28)(H,26,27). The average Bonchev–Trinajstić information content (AvgIpc) is 2.75. The van der Waals surface area contributed by atoms with Crippen molar-refractivity contribution in [1.82, 2.24) is 5.32 Å². The second-order valence-electron chi connectivity index (χ2n) is 7.02. The molecule has 0 aliphatic rings. The van der Waals surface area contributed by atoms with Crippen LogP contribution in [0.15, 0.2) is 46.9 Å². The molecular weight excluding hydrogens is 448 g/mol. The van der Waals surface area contributed by atoms with Gasteiger partial charge in [-0.15, -0.1) is 0 Å². The number of carbonyl (C=O) groups excluding carboxylic acids is 2. The molecule has 2 N–H and O–H groups in total. The number of ether oxygens (including phenoxy) is 2.